The van der Waals surface area contributed by atoms with Gasteiger partial charge in [0, 0.05) is 53.9 Å². The summed E-state index contributed by atoms with van der Waals surface area (Å²) in [7, 11) is 1.97. The second-order valence-electron chi connectivity index (χ2n) is 13.0. The fourth-order valence-electron chi connectivity index (χ4n) is 6.83. The Balaban J connectivity index is 0.00000119. The van der Waals surface area contributed by atoms with Crippen molar-refractivity contribution in [2.45, 2.75) is 59.8 Å². The molecule has 46 heavy (non-hydrogen) atoms. The van der Waals surface area contributed by atoms with Crippen molar-refractivity contribution in [2.75, 3.05) is 11.9 Å². The molecule has 7 rings (SSSR count). The molecule has 3 aromatic heterocycles. The minimum Gasteiger partial charge on any atom is -0.483 e. The lowest BCUT2D eigenvalue weighted by molar-refractivity contribution is -0.122. The summed E-state index contributed by atoms with van der Waals surface area (Å²) in [5.41, 5.74) is 14.0. The average molecular weight is 616 g/mol. The van der Waals surface area contributed by atoms with Crippen LogP contribution in [-0.2, 0) is 23.1 Å². The zero-order valence-electron chi connectivity index (χ0n) is 27.5. The van der Waals surface area contributed by atoms with Gasteiger partial charge in [0.25, 0.3) is 6.47 Å². The van der Waals surface area contributed by atoms with Gasteiger partial charge in [-0.05, 0) is 94.1 Å². The van der Waals surface area contributed by atoms with E-state index in [1.165, 1.54) is 50.1 Å². The zero-order valence-corrected chi connectivity index (χ0v) is 27.5. The highest BCUT2D eigenvalue weighted by atomic mass is 16.5. The molecule has 0 saturated carbocycles. The lowest BCUT2D eigenvalue weighted by atomic mass is 9.87. The second-order valence-corrected chi connectivity index (χ2v) is 13.0. The molecule has 0 spiro atoms. The number of hydrogen-bond donors (Lipinski definition) is 2. The summed E-state index contributed by atoms with van der Waals surface area (Å²) in [5.74, 6) is 0. The minimum atomic E-state index is -0.265. The fourth-order valence-corrected chi connectivity index (χ4v) is 6.83. The number of nitrogens with zero attached hydrogens (tertiary/aromatic N) is 4. The van der Waals surface area contributed by atoms with Gasteiger partial charge >= 0.3 is 0 Å². The number of ether oxygens (including phenoxy) is 1. The van der Waals surface area contributed by atoms with E-state index >= 15 is 0 Å². The van der Waals surface area contributed by atoms with Crippen LogP contribution in [0.4, 0.5) is 5.69 Å². The average Bonchev–Trinajstić information content (AvgIpc) is 3.60. The first-order chi connectivity index (χ1) is 22.0. The highest BCUT2D eigenvalue weighted by Crippen LogP contribution is 2.47. The van der Waals surface area contributed by atoms with Gasteiger partial charge in [-0.1, -0.05) is 35.9 Å². The van der Waals surface area contributed by atoms with Crippen molar-refractivity contribution >= 4 is 34.0 Å². The molecule has 0 saturated heterocycles. The Kier molecular flexibility index (Phi) is 8.17. The van der Waals surface area contributed by atoms with Gasteiger partial charge in [0.05, 0.1) is 40.3 Å². The Hall–Kier alpha value is -4.95. The van der Waals surface area contributed by atoms with E-state index in [9.17, 15) is 0 Å². The van der Waals surface area contributed by atoms with Crippen molar-refractivity contribution in [1.82, 2.24) is 19.3 Å². The van der Waals surface area contributed by atoms with Gasteiger partial charge in [-0.3, -0.25) is 14.5 Å². The van der Waals surface area contributed by atoms with Crippen LogP contribution < -0.4 is 5.32 Å². The van der Waals surface area contributed by atoms with E-state index in [1.807, 2.05) is 24.1 Å². The SMILES string of the molecule is Cc1ccc(-c2c(C(C)OC(C)(C)C)c(C)c3c4c2cc(-c2ccnc(-c5ccc6c(cnn6C)c5)c2)n4CCN3)cc1.O=CO. The summed E-state index contributed by atoms with van der Waals surface area (Å²) >= 11 is 0. The number of benzene rings is 3. The molecule has 1 aliphatic heterocycles. The van der Waals surface area contributed by atoms with Crippen LogP contribution in [0.5, 0.6) is 0 Å². The first kappa shape index (κ1) is 31.0. The van der Waals surface area contributed by atoms with E-state index in [0.29, 0.717) is 0 Å². The van der Waals surface area contributed by atoms with E-state index in [4.69, 9.17) is 19.6 Å². The number of rotatable bonds is 5. The van der Waals surface area contributed by atoms with Gasteiger partial charge in [-0.25, -0.2) is 0 Å². The summed E-state index contributed by atoms with van der Waals surface area (Å²) in [6, 6.07) is 22.1. The van der Waals surface area contributed by atoms with Crippen molar-refractivity contribution in [2.24, 2.45) is 7.05 Å². The largest absolute Gasteiger partial charge is 0.483 e. The van der Waals surface area contributed by atoms with Crippen LogP contribution in [0, 0.1) is 13.8 Å². The minimum absolute atomic E-state index is 0.0811. The van der Waals surface area contributed by atoms with Crippen LogP contribution in [0.2, 0.25) is 0 Å². The maximum absolute atomic E-state index is 8.36. The molecule has 6 aromatic rings. The summed E-state index contributed by atoms with van der Waals surface area (Å²) < 4.78 is 11.0. The number of aryl methyl sites for hydroxylation is 2. The Labute approximate surface area is 269 Å². The normalized spacial score (nSPS) is 13.3. The van der Waals surface area contributed by atoms with Gasteiger partial charge < -0.3 is 19.7 Å². The lowest BCUT2D eigenvalue weighted by Gasteiger charge is -2.31. The molecule has 1 atom stereocenters. The Morgan fingerprint density at radius 3 is 2.43 bits per heavy atom. The summed E-state index contributed by atoms with van der Waals surface area (Å²) in [4.78, 5) is 13.1. The smallest absolute Gasteiger partial charge is 0.290 e. The van der Waals surface area contributed by atoms with E-state index in [0.717, 1.165) is 40.8 Å². The van der Waals surface area contributed by atoms with Gasteiger partial charge in [-0.2, -0.15) is 5.10 Å². The maximum atomic E-state index is 8.36. The third-order valence-electron chi connectivity index (χ3n) is 8.66. The summed E-state index contributed by atoms with van der Waals surface area (Å²) in [5, 5.41) is 17.4. The van der Waals surface area contributed by atoms with Gasteiger partial charge in [0.1, 0.15) is 0 Å². The highest BCUT2D eigenvalue weighted by molar-refractivity contribution is 6.08. The summed E-state index contributed by atoms with van der Waals surface area (Å²) in [6.07, 6.45) is 3.77. The lowest BCUT2D eigenvalue weighted by Crippen LogP contribution is -2.23. The predicted octanol–water partition coefficient (Wildman–Crippen LogP) is 8.54. The molecular weight excluding hydrogens is 574 g/mol. The number of anilines is 1. The van der Waals surface area contributed by atoms with Crippen molar-refractivity contribution < 1.29 is 14.6 Å². The van der Waals surface area contributed by atoms with Gasteiger partial charge in [0.15, 0.2) is 0 Å². The number of pyridine rings is 1. The van der Waals surface area contributed by atoms with E-state index < -0.39 is 0 Å². The molecule has 0 radical (unpaired) electrons. The van der Waals surface area contributed by atoms with Crippen LogP contribution >= 0.6 is 0 Å². The van der Waals surface area contributed by atoms with Crippen LogP contribution in [0.1, 0.15) is 50.5 Å². The van der Waals surface area contributed by atoms with Gasteiger partial charge in [0.2, 0.25) is 0 Å². The molecule has 1 aliphatic rings. The maximum Gasteiger partial charge on any atom is 0.290 e. The van der Waals surface area contributed by atoms with Crippen LogP contribution in [-0.4, -0.2) is 43.1 Å². The molecule has 1 unspecified atom stereocenters. The fraction of sp³-hybridized carbons (Fsp3) is 0.289. The van der Waals surface area contributed by atoms with Crippen LogP contribution in [0.15, 0.2) is 73.1 Å². The summed E-state index contributed by atoms with van der Waals surface area (Å²) in [6.45, 7) is 14.5. The molecule has 4 heterocycles. The third kappa shape index (κ3) is 5.65. The predicted molar refractivity (Wildman–Crippen MR) is 186 cm³/mol. The number of carbonyl (C=O) groups is 1. The van der Waals surface area contributed by atoms with Crippen molar-refractivity contribution in [3.8, 4) is 33.6 Å². The van der Waals surface area contributed by atoms with Crippen LogP contribution in [0.3, 0.4) is 0 Å². The third-order valence-corrected chi connectivity index (χ3v) is 8.66. The van der Waals surface area contributed by atoms with Crippen molar-refractivity contribution in [1.29, 1.82) is 0 Å². The molecule has 8 heteroatoms. The van der Waals surface area contributed by atoms with E-state index in [-0.39, 0.29) is 18.2 Å². The van der Waals surface area contributed by atoms with Crippen molar-refractivity contribution in [3.63, 3.8) is 0 Å². The molecule has 2 N–H and O–H groups in total. The Morgan fingerprint density at radius 2 is 1.72 bits per heavy atom. The number of aromatic nitrogens is 4. The quantitative estimate of drug-likeness (QED) is 0.189. The molecule has 236 valence electrons. The van der Waals surface area contributed by atoms with E-state index in [1.54, 1.807) is 0 Å². The standard InChI is InChI=1S/C37H39N5O.CH2O2/c1-22-8-10-25(11-9-22)34-29-20-32(27-14-15-38-30(19-27)26-12-13-31-28(18-26)21-40-41(31)7)42-17-16-39-35(36(29)42)23(2)33(34)24(3)43-37(4,5)6;2-1-3/h8-15,18-21,24,39H,16-17H2,1-7H3;1H,(H,2,3). The molecule has 3 aromatic carbocycles. The topological polar surface area (TPSA) is 94.2 Å². The molecule has 0 aliphatic carbocycles. The second kappa shape index (κ2) is 12.1. The van der Waals surface area contributed by atoms with Crippen molar-refractivity contribution in [3.05, 3.63) is 89.7 Å². The monoisotopic (exact) mass is 615 g/mol. The van der Waals surface area contributed by atoms with Crippen LogP contribution in [0.25, 0.3) is 55.4 Å². The van der Waals surface area contributed by atoms with Gasteiger partial charge in [-0.15, -0.1) is 0 Å². The first-order valence-corrected chi connectivity index (χ1v) is 15.7. The molecular formula is C38H41N5O3. The highest BCUT2D eigenvalue weighted by Gasteiger charge is 2.29. The number of carboxylic acid groups (broad SMARTS) is 1. The number of hydrogen-bond acceptors (Lipinski definition) is 5. The molecule has 0 amide bonds. The Morgan fingerprint density at radius 1 is 1.00 bits per heavy atom. The molecule has 0 fully saturated rings. The Bertz CT molecular complexity index is 2070. The first-order valence-electron chi connectivity index (χ1n) is 15.7. The molecule has 0 bridgehead atoms. The zero-order chi connectivity index (χ0) is 32.7. The number of nitrogens with one attached hydrogen (secondary N) is 1. The van der Waals surface area contributed by atoms with E-state index in [2.05, 4.69) is 117 Å². The molecule has 8 nitrogen and oxygen atoms in total. The number of fused-ring (bicyclic) bond motifs is 1.